The molecule has 4 aliphatic heterocycles. The largest absolute Gasteiger partial charge is 0.483 e. The number of fused-ring (bicyclic) bond motifs is 2. The van der Waals surface area contributed by atoms with E-state index in [-0.39, 0.29) is 43.5 Å². The van der Waals surface area contributed by atoms with Crippen molar-refractivity contribution in [2.24, 2.45) is 0 Å². The molecule has 5 heterocycles. The Morgan fingerprint density at radius 3 is 2.76 bits per heavy atom. The summed E-state index contributed by atoms with van der Waals surface area (Å²) in [7, 11) is 0. The molecule has 11 heteroatoms. The molecule has 3 unspecified atom stereocenters. The summed E-state index contributed by atoms with van der Waals surface area (Å²) in [6, 6.07) is 13.9. The van der Waals surface area contributed by atoms with Crippen LogP contribution in [0.2, 0.25) is 0 Å². The van der Waals surface area contributed by atoms with Gasteiger partial charge < -0.3 is 14.4 Å². The van der Waals surface area contributed by atoms with E-state index in [1.807, 2.05) is 30.3 Å². The van der Waals surface area contributed by atoms with E-state index in [2.05, 4.69) is 5.32 Å². The van der Waals surface area contributed by atoms with Gasteiger partial charge in [0.15, 0.2) is 6.10 Å². The average molecular weight is 577 g/mol. The third kappa shape index (κ3) is 5.00. The lowest BCUT2D eigenvalue weighted by Crippen LogP contribution is -2.52. The zero-order valence-corrected chi connectivity index (χ0v) is 22.9. The number of amides is 3. The molecule has 3 amide bonds. The first kappa shape index (κ1) is 26.9. The highest BCUT2D eigenvalue weighted by molar-refractivity contribution is 6.05. The van der Waals surface area contributed by atoms with Crippen LogP contribution in [-0.4, -0.2) is 76.9 Å². The smallest absolute Gasteiger partial charge is 0.297 e. The molecule has 42 heavy (non-hydrogen) atoms. The number of aromatic nitrogens is 1. The van der Waals surface area contributed by atoms with Gasteiger partial charge in [0.25, 0.3) is 11.8 Å². The molecule has 3 atom stereocenters. The lowest BCUT2D eigenvalue weighted by Gasteiger charge is -2.29. The maximum absolute atomic E-state index is 15.1. The molecule has 0 spiro atoms. The van der Waals surface area contributed by atoms with Gasteiger partial charge in [0, 0.05) is 55.2 Å². The van der Waals surface area contributed by atoms with Crippen LogP contribution in [0, 0.1) is 0 Å². The molecule has 7 rings (SSSR count). The van der Waals surface area contributed by atoms with E-state index in [1.54, 1.807) is 17.0 Å². The van der Waals surface area contributed by atoms with Crippen molar-refractivity contribution in [3.05, 3.63) is 70.9 Å². The highest BCUT2D eigenvalue weighted by atomic mass is 19.3. The highest BCUT2D eigenvalue weighted by Gasteiger charge is 2.50. The zero-order valence-electron chi connectivity index (χ0n) is 22.9. The van der Waals surface area contributed by atoms with E-state index in [9.17, 15) is 14.4 Å². The van der Waals surface area contributed by atoms with Crippen molar-refractivity contribution in [3.63, 3.8) is 0 Å². The van der Waals surface area contributed by atoms with Gasteiger partial charge in [0.2, 0.25) is 11.8 Å². The molecule has 4 aliphatic rings. The molecule has 3 aromatic rings. The van der Waals surface area contributed by atoms with Gasteiger partial charge in [-0.3, -0.25) is 29.6 Å². The number of halogens is 2. The Bertz CT molecular complexity index is 1590. The number of carbonyl (C=O) groups is 3. The number of piperidine rings is 1. The Balaban J connectivity index is 1.01. The van der Waals surface area contributed by atoms with Gasteiger partial charge in [-0.1, -0.05) is 12.1 Å². The first-order chi connectivity index (χ1) is 20.2. The Morgan fingerprint density at radius 2 is 1.95 bits per heavy atom. The summed E-state index contributed by atoms with van der Waals surface area (Å²) in [6.07, 6.45) is 0.0265. The van der Waals surface area contributed by atoms with Crippen LogP contribution < -0.4 is 10.1 Å². The summed E-state index contributed by atoms with van der Waals surface area (Å²) in [5, 5.41) is 3.24. The van der Waals surface area contributed by atoms with E-state index in [0.29, 0.717) is 30.2 Å². The quantitative estimate of drug-likeness (QED) is 0.449. The molecular weight excluding hydrogens is 546 g/mol. The number of imide groups is 1. The number of rotatable bonds is 6. The summed E-state index contributed by atoms with van der Waals surface area (Å²) in [5.41, 5.74) is 3.83. The highest BCUT2D eigenvalue weighted by Crippen LogP contribution is 2.35. The van der Waals surface area contributed by atoms with Crippen LogP contribution in [0.1, 0.15) is 52.4 Å². The van der Waals surface area contributed by atoms with Gasteiger partial charge in [-0.05, 0) is 60.4 Å². The normalized spacial score (nSPS) is 25.7. The number of carbonyl (C=O) groups excluding carboxylic acids is 3. The third-order valence-corrected chi connectivity index (χ3v) is 8.63. The van der Waals surface area contributed by atoms with Crippen LogP contribution >= 0.6 is 0 Å². The van der Waals surface area contributed by atoms with E-state index < -0.39 is 30.5 Å². The number of hydrogen-bond acceptors (Lipinski definition) is 7. The zero-order chi connectivity index (χ0) is 29.0. The third-order valence-electron chi connectivity index (χ3n) is 8.63. The Morgan fingerprint density at radius 1 is 1.07 bits per heavy atom. The van der Waals surface area contributed by atoms with Crippen molar-refractivity contribution >= 4 is 28.6 Å². The molecule has 3 fully saturated rings. The average Bonchev–Trinajstić information content (AvgIpc) is 3.67. The van der Waals surface area contributed by atoms with E-state index >= 15 is 8.78 Å². The number of likely N-dealkylation sites (tertiary alicyclic amines) is 1. The van der Waals surface area contributed by atoms with Gasteiger partial charge in [-0.2, -0.15) is 0 Å². The second-order valence-corrected chi connectivity index (χ2v) is 11.6. The van der Waals surface area contributed by atoms with Crippen LogP contribution in [0.3, 0.4) is 0 Å². The molecule has 2 aromatic carbocycles. The number of pyridine rings is 1. The van der Waals surface area contributed by atoms with Crippen molar-refractivity contribution < 1.29 is 32.6 Å². The van der Waals surface area contributed by atoms with Crippen LogP contribution in [0.15, 0.2) is 48.5 Å². The number of benzene rings is 2. The summed E-state index contributed by atoms with van der Waals surface area (Å²) in [6.45, 7) is 1.56. The number of ether oxygens (including phenoxy) is 2. The number of nitrogens with zero attached hydrogens (tertiary/aromatic N) is 3. The molecule has 218 valence electrons. The molecule has 9 nitrogen and oxygen atoms in total. The summed E-state index contributed by atoms with van der Waals surface area (Å²) in [4.78, 5) is 44.6. The first-order valence-electron chi connectivity index (χ1n) is 14.3. The van der Waals surface area contributed by atoms with E-state index in [1.165, 1.54) is 11.0 Å². The minimum Gasteiger partial charge on any atom is -0.483 e. The lowest BCUT2D eigenvalue weighted by atomic mass is 10.0. The van der Waals surface area contributed by atoms with Gasteiger partial charge >= 0.3 is 0 Å². The number of hydrogen-bond donors (Lipinski definition) is 1. The van der Waals surface area contributed by atoms with Crippen LogP contribution in [0.25, 0.3) is 10.9 Å². The van der Waals surface area contributed by atoms with Gasteiger partial charge in [0.1, 0.15) is 11.8 Å². The topological polar surface area (TPSA) is 101 Å². The molecule has 0 radical (unpaired) electrons. The molecular formula is C31H30F2N4O5. The Hall–Kier alpha value is -3.96. The molecule has 0 bridgehead atoms. The fourth-order valence-electron chi connectivity index (χ4n) is 6.41. The van der Waals surface area contributed by atoms with Gasteiger partial charge in [0.05, 0.1) is 18.7 Å². The summed E-state index contributed by atoms with van der Waals surface area (Å²) in [5.74, 6) is -3.68. The van der Waals surface area contributed by atoms with Crippen molar-refractivity contribution in [1.29, 1.82) is 0 Å². The molecule has 0 saturated carbocycles. The number of nitrogens with one attached hydrogen (secondary N) is 1. The monoisotopic (exact) mass is 576 g/mol. The molecule has 1 N–H and O–H groups in total. The van der Waals surface area contributed by atoms with Crippen molar-refractivity contribution in [2.75, 3.05) is 26.3 Å². The minimum atomic E-state index is -3.07. The maximum atomic E-state index is 15.1. The number of alkyl halides is 2. The van der Waals surface area contributed by atoms with Gasteiger partial charge in [-0.25, -0.2) is 8.78 Å². The summed E-state index contributed by atoms with van der Waals surface area (Å²) >= 11 is 0. The van der Waals surface area contributed by atoms with Crippen molar-refractivity contribution in [1.82, 2.24) is 20.1 Å². The summed E-state index contributed by atoms with van der Waals surface area (Å²) < 4.78 is 41.5. The second kappa shape index (κ2) is 10.4. The SMILES string of the molecule is O=C1CCC(N2Cc3cc(OC4CN(Cc5ccc6nc(C7CCOC7)ccc6c5)CC4(F)F)ccc3C2=O)C(=O)N1. The molecule has 1 aromatic heterocycles. The predicted molar refractivity (Wildman–Crippen MR) is 147 cm³/mol. The van der Waals surface area contributed by atoms with Crippen LogP contribution in [0.5, 0.6) is 5.75 Å². The van der Waals surface area contributed by atoms with Gasteiger partial charge in [-0.15, -0.1) is 0 Å². The van der Waals surface area contributed by atoms with Crippen molar-refractivity contribution in [2.45, 2.75) is 56.3 Å². The lowest BCUT2D eigenvalue weighted by molar-refractivity contribution is -0.136. The standard InChI is InChI=1S/C31H30F2N4O5/c32-31(33)17-36(13-18-1-5-24-19(11-18)2-6-25(34-24)20-9-10-41-16-20)15-27(31)42-22-3-4-23-21(12-22)14-37(30(23)40)26-7-8-28(38)35-29(26)39/h1-6,11-12,20,26-27H,7-10,13-17H2,(H,35,38,39). The minimum absolute atomic E-state index is 0.0440. The second-order valence-electron chi connectivity index (χ2n) is 11.6. The Labute approximate surface area is 240 Å². The fourth-order valence-corrected chi connectivity index (χ4v) is 6.41. The van der Waals surface area contributed by atoms with Crippen molar-refractivity contribution in [3.8, 4) is 5.75 Å². The molecule has 3 saturated heterocycles. The fraction of sp³-hybridized carbons (Fsp3) is 0.419. The van der Waals surface area contributed by atoms with Crippen LogP contribution in [-0.2, 0) is 27.4 Å². The molecule has 0 aliphatic carbocycles. The maximum Gasteiger partial charge on any atom is 0.297 e. The predicted octanol–water partition coefficient (Wildman–Crippen LogP) is 3.40. The first-order valence-corrected chi connectivity index (χ1v) is 14.3. The van der Waals surface area contributed by atoms with E-state index in [0.717, 1.165) is 35.2 Å². The van der Waals surface area contributed by atoms with E-state index in [4.69, 9.17) is 14.5 Å². The van der Waals surface area contributed by atoms with Crippen LogP contribution in [0.4, 0.5) is 8.78 Å². The Kier molecular flexibility index (Phi) is 6.66.